The summed E-state index contributed by atoms with van der Waals surface area (Å²) in [6, 6.07) is 0. The van der Waals surface area contributed by atoms with E-state index < -0.39 is 11.5 Å². The molecule has 0 aromatic rings. The zero-order valence-electron chi connectivity index (χ0n) is 8.25. The third kappa shape index (κ3) is 2.42. The normalized spacial score (nSPS) is 21.1. The first-order chi connectivity index (χ1) is 6.05. The van der Waals surface area contributed by atoms with E-state index in [9.17, 15) is 4.79 Å². The van der Waals surface area contributed by atoms with Crippen LogP contribution in [0, 0.1) is 0 Å². The molecule has 0 bridgehead atoms. The Morgan fingerprint density at radius 3 is 2.69 bits per heavy atom. The molecule has 0 spiro atoms. The Balaban J connectivity index is 2.62. The molecule has 0 atom stereocenters. The molecule has 1 aliphatic heterocycles. The van der Waals surface area contributed by atoms with Crippen molar-refractivity contribution in [2.45, 2.75) is 25.8 Å². The number of rotatable bonds is 2. The molecule has 1 aliphatic rings. The molecule has 13 heavy (non-hydrogen) atoms. The summed E-state index contributed by atoms with van der Waals surface area (Å²) in [6.07, 6.45) is 0.913. The molecule has 0 aromatic heterocycles. The molecule has 1 saturated heterocycles. The number of hydrogen-bond acceptors (Lipinski definition) is 3. The Hall–Kier alpha value is -0.610. The molecule has 0 unspecified atom stereocenters. The van der Waals surface area contributed by atoms with E-state index in [1.165, 1.54) is 0 Å². The number of nitrogens with zero attached hydrogens (tertiary/aromatic N) is 1. The monoisotopic (exact) mass is 187 g/mol. The zero-order chi connectivity index (χ0) is 9.90. The van der Waals surface area contributed by atoms with Crippen molar-refractivity contribution in [2.75, 3.05) is 26.3 Å². The Morgan fingerprint density at radius 1 is 1.38 bits per heavy atom. The minimum absolute atomic E-state index is 0.636. The lowest BCUT2D eigenvalue weighted by Crippen LogP contribution is -2.51. The Kier molecular flexibility index (Phi) is 3.27. The molecule has 0 amide bonds. The van der Waals surface area contributed by atoms with Gasteiger partial charge in [-0.1, -0.05) is 0 Å². The van der Waals surface area contributed by atoms with Gasteiger partial charge in [0.1, 0.15) is 5.54 Å². The van der Waals surface area contributed by atoms with Gasteiger partial charge in [-0.15, -0.1) is 0 Å². The van der Waals surface area contributed by atoms with Crippen LogP contribution in [0.1, 0.15) is 20.3 Å². The van der Waals surface area contributed by atoms with Gasteiger partial charge in [-0.05, 0) is 20.3 Å². The highest BCUT2D eigenvalue weighted by atomic mass is 16.5. The summed E-state index contributed by atoms with van der Waals surface area (Å²) in [7, 11) is 0. The van der Waals surface area contributed by atoms with Crippen LogP contribution in [0.15, 0.2) is 0 Å². The Morgan fingerprint density at radius 2 is 2.08 bits per heavy atom. The van der Waals surface area contributed by atoms with Crippen molar-refractivity contribution in [1.82, 2.24) is 4.90 Å². The summed E-state index contributed by atoms with van der Waals surface area (Å²) in [6.45, 7) is 6.36. The molecule has 4 nitrogen and oxygen atoms in total. The van der Waals surface area contributed by atoms with Gasteiger partial charge in [0, 0.05) is 19.7 Å². The molecule has 0 aliphatic carbocycles. The van der Waals surface area contributed by atoms with Gasteiger partial charge >= 0.3 is 5.97 Å². The van der Waals surface area contributed by atoms with Crippen molar-refractivity contribution >= 4 is 5.97 Å². The van der Waals surface area contributed by atoms with E-state index in [1.54, 1.807) is 13.8 Å². The third-order valence-electron chi connectivity index (χ3n) is 2.54. The van der Waals surface area contributed by atoms with Gasteiger partial charge < -0.3 is 9.84 Å². The van der Waals surface area contributed by atoms with Crippen LogP contribution >= 0.6 is 0 Å². The number of carboxylic acid groups (broad SMARTS) is 1. The van der Waals surface area contributed by atoms with Crippen LogP contribution in [-0.4, -0.2) is 47.8 Å². The summed E-state index contributed by atoms with van der Waals surface area (Å²) in [5.41, 5.74) is -0.770. The van der Waals surface area contributed by atoms with Crippen molar-refractivity contribution in [1.29, 1.82) is 0 Å². The summed E-state index contributed by atoms with van der Waals surface area (Å²) in [4.78, 5) is 12.9. The van der Waals surface area contributed by atoms with E-state index >= 15 is 0 Å². The van der Waals surface area contributed by atoms with Crippen LogP contribution in [-0.2, 0) is 9.53 Å². The van der Waals surface area contributed by atoms with E-state index in [0.29, 0.717) is 13.2 Å². The lowest BCUT2D eigenvalue weighted by Gasteiger charge is -2.33. The maximum absolute atomic E-state index is 11.0. The largest absolute Gasteiger partial charge is 0.480 e. The summed E-state index contributed by atoms with van der Waals surface area (Å²) < 4.78 is 5.27. The van der Waals surface area contributed by atoms with E-state index in [0.717, 1.165) is 19.6 Å². The highest BCUT2D eigenvalue weighted by Crippen LogP contribution is 2.16. The van der Waals surface area contributed by atoms with Crippen LogP contribution < -0.4 is 0 Å². The van der Waals surface area contributed by atoms with Crippen LogP contribution in [0.2, 0.25) is 0 Å². The minimum atomic E-state index is -0.770. The Bertz CT molecular complexity index is 183. The topological polar surface area (TPSA) is 49.8 Å². The molecular formula is C9H17NO3. The molecule has 1 heterocycles. The van der Waals surface area contributed by atoms with Gasteiger partial charge in [0.15, 0.2) is 0 Å². The van der Waals surface area contributed by atoms with Crippen LogP contribution in [0.4, 0.5) is 0 Å². The highest BCUT2D eigenvalue weighted by Gasteiger charge is 2.34. The van der Waals surface area contributed by atoms with Crippen LogP contribution in [0.3, 0.4) is 0 Å². The van der Waals surface area contributed by atoms with Crippen molar-refractivity contribution in [3.05, 3.63) is 0 Å². The fourth-order valence-electron chi connectivity index (χ4n) is 1.44. The van der Waals surface area contributed by atoms with Gasteiger partial charge in [-0.3, -0.25) is 9.69 Å². The summed E-state index contributed by atoms with van der Waals surface area (Å²) in [5, 5.41) is 9.00. The third-order valence-corrected chi connectivity index (χ3v) is 2.54. The van der Waals surface area contributed by atoms with E-state index in [1.807, 2.05) is 4.90 Å². The fraction of sp³-hybridized carbons (Fsp3) is 0.889. The Labute approximate surface area is 78.5 Å². The zero-order valence-corrected chi connectivity index (χ0v) is 8.25. The standard InChI is InChI=1S/C9H17NO3/c1-9(2,8(11)12)10-4-3-6-13-7-5-10/h3-7H2,1-2H3,(H,11,12). The van der Waals surface area contributed by atoms with Gasteiger partial charge in [-0.25, -0.2) is 0 Å². The second kappa shape index (κ2) is 4.07. The second-order valence-corrected chi connectivity index (χ2v) is 3.82. The summed E-state index contributed by atoms with van der Waals surface area (Å²) in [5.74, 6) is -0.769. The number of ether oxygens (including phenoxy) is 1. The van der Waals surface area contributed by atoms with Crippen LogP contribution in [0.25, 0.3) is 0 Å². The minimum Gasteiger partial charge on any atom is -0.480 e. The smallest absolute Gasteiger partial charge is 0.323 e. The van der Waals surface area contributed by atoms with E-state index in [2.05, 4.69) is 0 Å². The first-order valence-electron chi connectivity index (χ1n) is 4.61. The average Bonchev–Trinajstić information content (AvgIpc) is 2.31. The van der Waals surface area contributed by atoms with E-state index in [-0.39, 0.29) is 0 Å². The van der Waals surface area contributed by atoms with Crippen molar-refractivity contribution < 1.29 is 14.6 Å². The second-order valence-electron chi connectivity index (χ2n) is 3.82. The predicted octanol–water partition coefficient (Wildman–Crippen LogP) is 0.572. The summed E-state index contributed by atoms with van der Waals surface area (Å²) >= 11 is 0. The maximum Gasteiger partial charge on any atom is 0.323 e. The van der Waals surface area contributed by atoms with Gasteiger partial charge in [0.05, 0.1) is 6.61 Å². The number of hydrogen-bond donors (Lipinski definition) is 1. The first kappa shape index (κ1) is 10.5. The van der Waals surface area contributed by atoms with Crippen molar-refractivity contribution in [3.8, 4) is 0 Å². The molecule has 4 heteroatoms. The quantitative estimate of drug-likeness (QED) is 0.686. The molecule has 0 aromatic carbocycles. The van der Waals surface area contributed by atoms with Crippen LogP contribution in [0.5, 0.6) is 0 Å². The van der Waals surface area contributed by atoms with E-state index in [4.69, 9.17) is 9.84 Å². The van der Waals surface area contributed by atoms with Gasteiger partial charge in [-0.2, -0.15) is 0 Å². The lowest BCUT2D eigenvalue weighted by atomic mass is 10.0. The number of aliphatic carboxylic acids is 1. The predicted molar refractivity (Wildman–Crippen MR) is 48.7 cm³/mol. The van der Waals surface area contributed by atoms with Gasteiger partial charge in [0.25, 0.3) is 0 Å². The van der Waals surface area contributed by atoms with Crippen molar-refractivity contribution in [2.24, 2.45) is 0 Å². The first-order valence-corrected chi connectivity index (χ1v) is 4.61. The highest BCUT2D eigenvalue weighted by molar-refractivity contribution is 5.77. The number of carboxylic acids is 1. The van der Waals surface area contributed by atoms with Crippen molar-refractivity contribution in [3.63, 3.8) is 0 Å². The molecular weight excluding hydrogens is 170 g/mol. The molecule has 76 valence electrons. The molecule has 1 rings (SSSR count). The maximum atomic E-state index is 11.0. The fourth-order valence-corrected chi connectivity index (χ4v) is 1.44. The molecule has 0 saturated carbocycles. The SMILES string of the molecule is CC(C)(C(=O)O)N1CCCOCC1. The molecule has 0 radical (unpaired) electrons. The molecule has 1 N–H and O–H groups in total. The number of carbonyl (C=O) groups is 1. The van der Waals surface area contributed by atoms with Gasteiger partial charge in [0.2, 0.25) is 0 Å². The molecule has 1 fully saturated rings. The average molecular weight is 187 g/mol. The lowest BCUT2D eigenvalue weighted by molar-refractivity contribution is -0.149.